The normalized spacial score (nSPS) is 13.0. The molecule has 1 N–H and O–H groups in total. The van der Waals surface area contributed by atoms with Crippen LogP contribution < -0.4 is 14.8 Å². The van der Waals surface area contributed by atoms with E-state index in [1.807, 2.05) is 73.7 Å². The molecule has 0 aliphatic rings. The van der Waals surface area contributed by atoms with Crippen LogP contribution in [0.1, 0.15) is 25.5 Å². The molecule has 3 aromatic rings. The van der Waals surface area contributed by atoms with Gasteiger partial charge >= 0.3 is 0 Å². The lowest BCUT2D eigenvalue weighted by Gasteiger charge is -2.19. The van der Waals surface area contributed by atoms with Crippen molar-refractivity contribution < 1.29 is 14.3 Å². The molecule has 0 aliphatic carbocycles. The van der Waals surface area contributed by atoms with Crippen LogP contribution >= 0.6 is 0 Å². The van der Waals surface area contributed by atoms with Crippen LogP contribution in [0.25, 0.3) is 10.8 Å². The van der Waals surface area contributed by atoms with Crippen LogP contribution in [0.2, 0.25) is 0 Å². The SMILES string of the molecule is COc1ccc([C@H](C)NC(=O)[C@H](C)Oc2ccc3ccccc3c2)cc1. The summed E-state index contributed by atoms with van der Waals surface area (Å²) in [5, 5.41) is 5.22. The van der Waals surface area contributed by atoms with Gasteiger partial charge in [0.2, 0.25) is 0 Å². The Hall–Kier alpha value is -3.01. The van der Waals surface area contributed by atoms with Crippen molar-refractivity contribution in [3.63, 3.8) is 0 Å². The van der Waals surface area contributed by atoms with E-state index in [0.717, 1.165) is 22.1 Å². The molecule has 0 saturated carbocycles. The van der Waals surface area contributed by atoms with Gasteiger partial charge in [0.05, 0.1) is 13.2 Å². The van der Waals surface area contributed by atoms with Crippen LogP contribution in [0.3, 0.4) is 0 Å². The Balaban J connectivity index is 1.62. The topological polar surface area (TPSA) is 47.6 Å². The first kappa shape index (κ1) is 17.8. The maximum absolute atomic E-state index is 12.5. The van der Waals surface area contributed by atoms with Gasteiger partial charge in [-0.1, -0.05) is 42.5 Å². The molecule has 0 unspecified atom stereocenters. The van der Waals surface area contributed by atoms with E-state index in [9.17, 15) is 4.79 Å². The van der Waals surface area contributed by atoms with Crippen LogP contribution in [-0.2, 0) is 4.79 Å². The van der Waals surface area contributed by atoms with Gasteiger partial charge < -0.3 is 14.8 Å². The minimum atomic E-state index is -0.586. The quantitative estimate of drug-likeness (QED) is 0.713. The number of amides is 1. The largest absolute Gasteiger partial charge is 0.497 e. The number of nitrogens with one attached hydrogen (secondary N) is 1. The number of fused-ring (bicyclic) bond motifs is 1. The van der Waals surface area contributed by atoms with Gasteiger partial charge in [-0.25, -0.2) is 0 Å². The van der Waals surface area contributed by atoms with Crippen molar-refractivity contribution in [1.29, 1.82) is 0 Å². The summed E-state index contributed by atoms with van der Waals surface area (Å²) >= 11 is 0. The van der Waals surface area contributed by atoms with Crippen LogP contribution in [0.15, 0.2) is 66.7 Å². The number of benzene rings is 3. The van der Waals surface area contributed by atoms with Gasteiger partial charge in [0.25, 0.3) is 5.91 Å². The van der Waals surface area contributed by atoms with Crippen molar-refractivity contribution >= 4 is 16.7 Å². The monoisotopic (exact) mass is 349 g/mol. The third kappa shape index (κ3) is 4.14. The summed E-state index contributed by atoms with van der Waals surface area (Å²) in [5.74, 6) is 1.32. The molecule has 0 radical (unpaired) electrons. The predicted octanol–water partition coefficient (Wildman–Crippen LogP) is 4.49. The van der Waals surface area contributed by atoms with Gasteiger partial charge in [-0.2, -0.15) is 0 Å². The number of carbonyl (C=O) groups excluding carboxylic acids is 1. The number of ether oxygens (including phenoxy) is 2. The molecular weight excluding hydrogens is 326 g/mol. The van der Waals surface area contributed by atoms with Crippen LogP contribution in [0.5, 0.6) is 11.5 Å². The minimum Gasteiger partial charge on any atom is -0.497 e. The number of carbonyl (C=O) groups is 1. The summed E-state index contributed by atoms with van der Waals surface area (Å²) in [7, 11) is 1.63. The third-order valence-electron chi connectivity index (χ3n) is 4.38. The van der Waals surface area contributed by atoms with Gasteiger partial charge in [-0.3, -0.25) is 4.79 Å². The second kappa shape index (κ2) is 7.91. The molecule has 0 heterocycles. The molecule has 26 heavy (non-hydrogen) atoms. The Kier molecular flexibility index (Phi) is 5.42. The summed E-state index contributed by atoms with van der Waals surface area (Å²) in [5.41, 5.74) is 1.01. The molecule has 3 rings (SSSR count). The molecular formula is C22H23NO3. The second-order valence-corrected chi connectivity index (χ2v) is 6.27. The molecule has 0 aromatic heterocycles. The van der Waals surface area contributed by atoms with Crippen molar-refractivity contribution in [1.82, 2.24) is 5.32 Å². The zero-order valence-corrected chi connectivity index (χ0v) is 15.2. The minimum absolute atomic E-state index is 0.115. The van der Waals surface area contributed by atoms with Gasteiger partial charge in [-0.05, 0) is 54.4 Å². The van der Waals surface area contributed by atoms with Gasteiger partial charge in [0, 0.05) is 0 Å². The fourth-order valence-electron chi connectivity index (χ4n) is 2.81. The number of hydrogen-bond acceptors (Lipinski definition) is 3. The summed E-state index contributed by atoms with van der Waals surface area (Å²) in [6, 6.07) is 21.4. The maximum atomic E-state index is 12.5. The summed E-state index contributed by atoms with van der Waals surface area (Å²) in [4.78, 5) is 12.5. The zero-order valence-electron chi connectivity index (χ0n) is 15.2. The summed E-state index contributed by atoms with van der Waals surface area (Å²) in [6.07, 6.45) is -0.586. The van der Waals surface area contributed by atoms with Crippen molar-refractivity contribution in [3.8, 4) is 11.5 Å². The van der Waals surface area contributed by atoms with Crippen LogP contribution in [-0.4, -0.2) is 19.1 Å². The molecule has 0 fully saturated rings. The van der Waals surface area contributed by atoms with Crippen molar-refractivity contribution in [2.24, 2.45) is 0 Å². The van der Waals surface area contributed by atoms with Crippen molar-refractivity contribution in [2.75, 3.05) is 7.11 Å². The molecule has 4 heteroatoms. The van der Waals surface area contributed by atoms with Crippen LogP contribution in [0.4, 0.5) is 0 Å². The van der Waals surface area contributed by atoms with Crippen LogP contribution in [0, 0.1) is 0 Å². The number of hydrogen-bond donors (Lipinski definition) is 1. The van der Waals surface area contributed by atoms with Gasteiger partial charge in [0.15, 0.2) is 6.10 Å². The number of methoxy groups -OCH3 is 1. The highest BCUT2D eigenvalue weighted by Crippen LogP contribution is 2.22. The predicted molar refractivity (Wildman–Crippen MR) is 104 cm³/mol. The molecule has 1 amide bonds. The molecule has 2 atom stereocenters. The van der Waals surface area contributed by atoms with E-state index in [4.69, 9.17) is 9.47 Å². The summed E-state index contributed by atoms with van der Waals surface area (Å²) < 4.78 is 11.0. The van der Waals surface area contributed by atoms with E-state index < -0.39 is 6.10 Å². The molecule has 0 bridgehead atoms. The lowest BCUT2D eigenvalue weighted by Crippen LogP contribution is -2.37. The molecule has 0 saturated heterocycles. The molecule has 4 nitrogen and oxygen atoms in total. The van der Waals surface area contributed by atoms with E-state index in [-0.39, 0.29) is 11.9 Å². The Labute approximate surface area is 153 Å². The molecule has 134 valence electrons. The third-order valence-corrected chi connectivity index (χ3v) is 4.38. The van der Waals surface area contributed by atoms with Crippen molar-refractivity contribution in [2.45, 2.75) is 26.0 Å². The average molecular weight is 349 g/mol. The first-order valence-corrected chi connectivity index (χ1v) is 8.66. The van der Waals surface area contributed by atoms with E-state index in [1.165, 1.54) is 0 Å². The van der Waals surface area contributed by atoms with Crippen molar-refractivity contribution in [3.05, 3.63) is 72.3 Å². The zero-order chi connectivity index (χ0) is 18.5. The smallest absolute Gasteiger partial charge is 0.261 e. The average Bonchev–Trinajstić information content (AvgIpc) is 2.67. The van der Waals surface area contributed by atoms with Gasteiger partial charge in [-0.15, -0.1) is 0 Å². The van der Waals surface area contributed by atoms with E-state index in [0.29, 0.717) is 5.75 Å². The van der Waals surface area contributed by atoms with Gasteiger partial charge in [0.1, 0.15) is 11.5 Å². The Bertz CT molecular complexity index is 889. The molecule has 0 aliphatic heterocycles. The molecule has 0 spiro atoms. The highest BCUT2D eigenvalue weighted by molar-refractivity contribution is 5.84. The van der Waals surface area contributed by atoms with E-state index in [1.54, 1.807) is 14.0 Å². The molecule has 3 aromatic carbocycles. The van der Waals surface area contributed by atoms with E-state index in [2.05, 4.69) is 5.32 Å². The Morgan fingerprint density at radius 1 is 0.885 bits per heavy atom. The standard InChI is InChI=1S/C22H23NO3/c1-15(17-8-11-20(25-3)12-9-17)23-22(24)16(2)26-21-13-10-18-6-4-5-7-19(18)14-21/h4-16H,1-3H3,(H,23,24)/t15-,16-/m0/s1. The van der Waals surface area contributed by atoms with E-state index >= 15 is 0 Å². The highest BCUT2D eigenvalue weighted by Gasteiger charge is 2.18. The summed E-state index contributed by atoms with van der Waals surface area (Å²) in [6.45, 7) is 3.70. The fourth-order valence-corrected chi connectivity index (χ4v) is 2.81. The Morgan fingerprint density at radius 3 is 2.23 bits per heavy atom. The second-order valence-electron chi connectivity index (χ2n) is 6.27. The lowest BCUT2D eigenvalue weighted by atomic mass is 10.1. The fraction of sp³-hybridized carbons (Fsp3) is 0.227. The highest BCUT2D eigenvalue weighted by atomic mass is 16.5. The first-order chi connectivity index (χ1) is 12.6. The maximum Gasteiger partial charge on any atom is 0.261 e. The number of rotatable bonds is 6. The lowest BCUT2D eigenvalue weighted by molar-refractivity contribution is -0.127. The first-order valence-electron chi connectivity index (χ1n) is 8.66. The Morgan fingerprint density at radius 2 is 1.54 bits per heavy atom.